The van der Waals surface area contributed by atoms with Crippen LogP contribution in [-0.2, 0) is 11.2 Å². The molecule has 1 aliphatic rings. The molecular formula is C14H18Cl2N2O. The topological polar surface area (TPSA) is 46.3 Å². The summed E-state index contributed by atoms with van der Waals surface area (Å²) in [5.41, 5.74) is 6.89. The van der Waals surface area contributed by atoms with Crippen molar-refractivity contribution in [3.63, 3.8) is 0 Å². The van der Waals surface area contributed by atoms with Gasteiger partial charge in [0.2, 0.25) is 5.91 Å². The minimum Gasteiger partial charge on any atom is -0.341 e. The van der Waals surface area contributed by atoms with Crippen molar-refractivity contribution >= 4 is 29.1 Å². The van der Waals surface area contributed by atoms with Gasteiger partial charge in [0.15, 0.2) is 0 Å². The Morgan fingerprint density at radius 2 is 2.16 bits per heavy atom. The first-order valence-electron chi connectivity index (χ1n) is 6.44. The molecule has 0 spiro atoms. The van der Waals surface area contributed by atoms with Crippen molar-refractivity contribution in [2.45, 2.75) is 25.8 Å². The highest BCUT2D eigenvalue weighted by Gasteiger charge is 2.26. The van der Waals surface area contributed by atoms with Gasteiger partial charge < -0.3 is 10.6 Å². The number of hydrogen-bond acceptors (Lipinski definition) is 2. The maximum atomic E-state index is 12.2. The second-order valence-corrected chi connectivity index (χ2v) is 6.01. The zero-order valence-electron chi connectivity index (χ0n) is 10.9. The minimum atomic E-state index is 0.0755. The summed E-state index contributed by atoms with van der Waals surface area (Å²) in [4.78, 5) is 14.1. The summed E-state index contributed by atoms with van der Waals surface area (Å²) in [7, 11) is 0. The van der Waals surface area contributed by atoms with Crippen LogP contribution in [-0.4, -0.2) is 29.9 Å². The average molecular weight is 301 g/mol. The molecule has 1 amide bonds. The predicted molar refractivity (Wildman–Crippen MR) is 78.5 cm³/mol. The quantitative estimate of drug-likeness (QED) is 0.913. The Balaban J connectivity index is 1.99. The Labute approximate surface area is 123 Å². The van der Waals surface area contributed by atoms with E-state index in [2.05, 4.69) is 6.92 Å². The molecule has 0 aliphatic carbocycles. The molecule has 1 saturated heterocycles. The number of halogens is 2. The van der Waals surface area contributed by atoms with E-state index in [0.717, 1.165) is 18.5 Å². The van der Waals surface area contributed by atoms with Crippen LogP contribution in [0.3, 0.4) is 0 Å². The van der Waals surface area contributed by atoms with E-state index in [1.807, 2.05) is 11.0 Å². The Morgan fingerprint density at radius 1 is 1.42 bits per heavy atom. The number of carbonyl (C=O) groups is 1. The summed E-state index contributed by atoms with van der Waals surface area (Å²) in [5.74, 6) is 0.578. The first-order valence-corrected chi connectivity index (χ1v) is 7.20. The van der Waals surface area contributed by atoms with Crippen molar-refractivity contribution in [1.82, 2.24) is 4.90 Å². The third kappa shape index (κ3) is 3.62. The summed E-state index contributed by atoms with van der Waals surface area (Å²) in [6.45, 7) is 3.56. The van der Waals surface area contributed by atoms with Crippen molar-refractivity contribution in [3.05, 3.63) is 33.8 Å². The van der Waals surface area contributed by atoms with E-state index in [1.54, 1.807) is 12.1 Å². The minimum absolute atomic E-state index is 0.0755. The molecule has 1 heterocycles. The number of rotatable bonds is 2. The van der Waals surface area contributed by atoms with Gasteiger partial charge in [0.25, 0.3) is 0 Å². The lowest BCUT2D eigenvalue weighted by Gasteiger charge is -2.35. The van der Waals surface area contributed by atoms with Crippen LogP contribution < -0.4 is 5.73 Å². The number of likely N-dealkylation sites (tertiary alicyclic amines) is 1. The number of nitrogens with zero attached hydrogens (tertiary/aromatic N) is 1. The van der Waals surface area contributed by atoms with Gasteiger partial charge in [-0.3, -0.25) is 4.79 Å². The highest BCUT2D eigenvalue weighted by Crippen LogP contribution is 2.23. The largest absolute Gasteiger partial charge is 0.341 e. The average Bonchev–Trinajstić information content (AvgIpc) is 2.37. The number of piperidine rings is 1. The van der Waals surface area contributed by atoms with Crippen LogP contribution in [0.1, 0.15) is 18.9 Å². The maximum absolute atomic E-state index is 12.2. The van der Waals surface area contributed by atoms with Crippen molar-refractivity contribution in [1.29, 1.82) is 0 Å². The molecular weight excluding hydrogens is 283 g/mol. The summed E-state index contributed by atoms with van der Waals surface area (Å²) in [5, 5.41) is 0.989. The van der Waals surface area contributed by atoms with Crippen molar-refractivity contribution in [3.8, 4) is 0 Å². The van der Waals surface area contributed by atoms with Gasteiger partial charge in [-0.2, -0.15) is 0 Å². The second-order valence-electron chi connectivity index (χ2n) is 5.19. The van der Waals surface area contributed by atoms with Crippen LogP contribution in [0, 0.1) is 5.92 Å². The molecule has 3 nitrogen and oxygen atoms in total. The van der Waals surface area contributed by atoms with Crippen LogP contribution in [0.15, 0.2) is 18.2 Å². The zero-order valence-corrected chi connectivity index (χ0v) is 12.4. The zero-order chi connectivity index (χ0) is 14.0. The maximum Gasteiger partial charge on any atom is 0.227 e. The molecule has 1 fully saturated rings. The van der Waals surface area contributed by atoms with Gasteiger partial charge in [0.05, 0.1) is 16.5 Å². The summed E-state index contributed by atoms with van der Waals surface area (Å²) in [6, 6.07) is 5.37. The van der Waals surface area contributed by atoms with Crippen LogP contribution in [0.5, 0.6) is 0 Å². The fourth-order valence-electron chi connectivity index (χ4n) is 2.26. The molecule has 0 bridgehead atoms. The van der Waals surface area contributed by atoms with Crippen LogP contribution >= 0.6 is 23.2 Å². The first kappa shape index (κ1) is 14.6. The first-order chi connectivity index (χ1) is 8.97. The molecule has 1 aliphatic heterocycles. The van der Waals surface area contributed by atoms with Crippen LogP contribution in [0.4, 0.5) is 0 Å². The molecule has 19 heavy (non-hydrogen) atoms. The molecule has 2 unspecified atom stereocenters. The summed E-state index contributed by atoms with van der Waals surface area (Å²) >= 11 is 11.8. The highest BCUT2D eigenvalue weighted by atomic mass is 35.5. The lowest BCUT2D eigenvalue weighted by molar-refractivity contribution is -0.132. The fraction of sp³-hybridized carbons (Fsp3) is 0.500. The third-order valence-electron chi connectivity index (χ3n) is 3.71. The van der Waals surface area contributed by atoms with Crippen LogP contribution in [0.2, 0.25) is 10.0 Å². The molecule has 1 aromatic rings. The van der Waals surface area contributed by atoms with Crippen molar-refractivity contribution in [2.24, 2.45) is 11.7 Å². The van der Waals surface area contributed by atoms with Crippen molar-refractivity contribution < 1.29 is 4.79 Å². The number of amides is 1. The van der Waals surface area contributed by atoms with Gasteiger partial charge in [0, 0.05) is 19.1 Å². The van der Waals surface area contributed by atoms with Gasteiger partial charge in [-0.1, -0.05) is 36.2 Å². The molecule has 2 N–H and O–H groups in total. The molecule has 2 atom stereocenters. The molecule has 0 aromatic heterocycles. The normalized spacial score (nSPS) is 23.5. The predicted octanol–water partition coefficient (Wildman–Crippen LogP) is 2.73. The Bertz CT molecular complexity index is 479. The van der Waals surface area contributed by atoms with Gasteiger partial charge in [0.1, 0.15) is 0 Å². The summed E-state index contributed by atoms with van der Waals surface area (Å²) < 4.78 is 0. The molecule has 2 rings (SSSR count). The third-order valence-corrected chi connectivity index (χ3v) is 4.45. The smallest absolute Gasteiger partial charge is 0.227 e. The molecule has 1 aromatic carbocycles. The lowest BCUT2D eigenvalue weighted by Crippen LogP contribution is -2.50. The number of benzene rings is 1. The number of nitrogens with two attached hydrogens (primary N) is 1. The monoisotopic (exact) mass is 300 g/mol. The Morgan fingerprint density at radius 3 is 2.79 bits per heavy atom. The van der Waals surface area contributed by atoms with Gasteiger partial charge in [-0.05, 0) is 30.0 Å². The van der Waals surface area contributed by atoms with Gasteiger partial charge >= 0.3 is 0 Å². The second kappa shape index (κ2) is 6.12. The van der Waals surface area contributed by atoms with E-state index in [0.29, 0.717) is 28.9 Å². The molecule has 0 saturated carbocycles. The van der Waals surface area contributed by atoms with E-state index in [9.17, 15) is 4.79 Å². The molecule has 104 valence electrons. The van der Waals surface area contributed by atoms with Gasteiger partial charge in [-0.25, -0.2) is 0 Å². The number of carbonyl (C=O) groups excluding carboxylic acids is 1. The van der Waals surface area contributed by atoms with E-state index < -0.39 is 0 Å². The number of hydrogen-bond donors (Lipinski definition) is 1. The molecule has 0 radical (unpaired) electrons. The Hall–Kier alpha value is -0.770. The highest BCUT2D eigenvalue weighted by molar-refractivity contribution is 6.42. The lowest BCUT2D eigenvalue weighted by atomic mass is 9.94. The van der Waals surface area contributed by atoms with E-state index in [4.69, 9.17) is 28.9 Å². The SMILES string of the molecule is CC1CCN(C(=O)Cc2ccc(Cl)c(Cl)c2)CC1N. The fourth-order valence-corrected chi connectivity index (χ4v) is 2.58. The van der Waals surface area contributed by atoms with Crippen LogP contribution in [0.25, 0.3) is 0 Å². The Kier molecular flexibility index (Phi) is 4.71. The van der Waals surface area contributed by atoms with E-state index >= 15 is 0 Å². The standard InChI is InChI=1S/C14H18Cl2N2O/c1-9-4-5-18(8-13(9)17)14(19)7-10-2-3-11(15)12(16)6-10/h2-3,6,9,13H,4-5,7-8,17H2,1H3. The summed E-state index contributed by atoms with van der Waals surface area (Å²) in [6.07, 6.45) is 1.31. The van der Waals surface area contributed by atoms with Crippen molar-refractivity contribution in [2.75, 3.05) is 13.1 Å². The van der Waals surface area contributed by atoms with E-state index in [-0.39, 0.29) is 11.9 Å². The van der Waals surface area contributed by atoms with E-state index in [1.165, 1.54) is 0 Å². The molecule has 5 heteroatoms. The van der Waals surface area contributed by atoms with Gasteiger partial charge in [-0.15, -0.1) is 0 Å².